The number of hydrogen-bond donors (Lipinski definition) is 1. The van der Waals surface area contributed by atoms with Crippen LogP contribution in [-0.4, -0.2) is 16.3 Å². The first-order valence-corrected chi connectivity index (χ1v) is 4.92. The van der Waals surface area contributed by atoms with E-state index in [0.717, 1.165) is 17.6 Å². The van der Waals surface area contributed by atoms with Crippen LogP contribution in [0.2, 0.25) is 0 Å². The third kappa shape index (κ3) is 2.97. The highest BCUT2D eigenvalue weighted by molar-refractivity contribution is 9.11. The minimum absolute atomic E-state index is 0.786. The van der Waals surface area contributed by atoms with Crippen LogP contribution in [0.1, 0.15) is 11.3 Å². The number of nitrogens with one attached hydrogen (secondary N) is 1. The first-order chi connectivity index (χ1) is 6.11. The summed E-state index contributed by atoms with van der Waals surface area (Å²) in [6, 6.07) is 0. The second-order valence-corrected chi connectivity index (χ2v) is 4.12. The molecule has 0 saturated carbocycles. The molecule has 0 aliphatic carbocycles. The van der Waals surface area contributed by atoms with Gasteiger partial charge in [-0.2, -0.15) is 5.10 Å². The molecule has 1 aromatic rings. The van der Waals surface area contributed by atoms with Gasteiger partial charge in [-0.15, -0.1) is 0 Å². The molecule has 1 heterocycles. The van der Waals surface area contributed by atoms with Gasteiger partial charge in [0.15, 0.2) is 0 Å². The molecule has 3 nitrogen and oxygen atoms in total. The van der Waals surface area contributed by atoms with Crippen LogP contribution in [0, 0.1) is 6.92 Å². The van der Waals surface area contributed by atoms with Crippen LogP contribution >= 0.6 is 15.9 Å². The lowest BCUT2D eigenvalue weighted by molar-refractivity contribution is 0.724. The Bertz CT molecular complexity index is 304. The van der Waals surface area contributed by atoms with Crippen molar-refractivity contribution in [3.8, 4) is 0 Å². The number of aromatic nitrogens is 2. The zero-order chi connectivity index (χ0) is 9.84. The van der Waals surface area contributed by atoms with Gasteiger partial charge in [0.2, 0.25) is 0 Å². The Morgan fingerprint density at radius 1 is 1.77 bits per heavy atom. The summed E-state index contributed by atoms with van der Waals surface area (Å²) in [5, 5.41) is 7.41. The molecule has 0 bridgehead atoms. The van der Waals surface area contributed by atoms with E-state index in [1.807, 2.05) is 17.9 Å². The number of halogens is 1. The predicted molar refractivity (Wildman–Crippen MR) is 57.7 cm³/mol. The van der Waals surface area contributed by atoms with Crippen molar-refractivity contribution >= 4 is 15.9 Å². The average Bonchev–Trinajstić information content (AvgIpc) is 2.35. The summed E-state index contributed by atoms with van der Waals surface area (Å²) in [6.45, 7) is 7.43. The van der Waals surface area contributed by atoms with Crippen LogP contribution in [0.15, 0.2) is 17.3 Å². The highest BCUT2D eigenvalue weighted by Crippen LogP contribution is 2.05. The minimum atomic E-state index is 0.786. The molecule has 1 N–H and O–H groups in total. The first-order valence-electron chi connectivity index (χ1n) is 4.12. The molecular weight excluding hydrogens is 230 g/mol. The fraction of sp³-hybridized carbons (Fsp3) is 0.444. The van der Waals surface area contributed by atoms with Gasteiger partial charge in [0.25, 0.3) is 0 Å². The molecule has 4 heteroatoms. The molecule has 72 valence electrons. The second kappa shape index (κ2) is 4.58. The Balaban J connectivity index is 2.45. The molecule has 0 atom stereocenters. The van der Waals surface area contributed by atoms with Gasteiger partial charge < -0.3 is 5.32 Å². The van der Waals surface area contributed by atoms with Gasteiger partial charge in [0.1, 0.15) is 0 Å². The van der Waals surface area contributed by atoms with Crippen molar-refractivity contribution in [3.05, 3.63) is 28.5 Å². The van der Waals surface area contributed by atoms with Gasteiger partial charge in [0.05, 0.1) is 6.20 Å². The van der Waals surface area contributed by atoms with E-state index in [1.165, 1.54) is 11.3 Å². The standard InChI is InChI=1S/C9H14BrN3/c1-7(10)4-11-5-9-6-12-13(3)8(9)2/h6,11H,1,4-5H2,2-3H3. The first kappa shape index (κ1) is 10.5. The largest absolute Gasteiger partial charge is 0.308 e. The molecule has 0 saturated heterocycles. The van der Waals surface area contributed by atoms with Crippen molar-refractivity contribution in [2.45, 2.75) is 13.5 Å². The Hall–Kier alpha value is -0.610. The van der Waals surface area contributed by atoms with Crippen molar-refractivity contribution < 1.29 is 0 Å². The number of hydrogen-bond acceptors (Lipinski definition) is 2. The molecule has 13 heavy (non-hydrogen) atoms. The van der Waals surface area contributed by atoms with Crippen molar-refractivity contribution in [2.24, 2.45) is 7.05 Å². The van der Waals surface area contributed by atoms with Gasteiger partial charge in [0, 0.05) is 35.9 Å². The summed E-state index contributed by atoms with van der Waals surface area (Å²) in [5.74, 6) is 0. The zero-order valence-electron chi connectivity index (χ0n) is 7.97. The fourth-order valence-electron chi connectivity index (χ4n) is 1.05. The fourth-order valence-corrected chi connectivity index (χ4v) is 1.25. The van der Waals surface area contributed by atoms with E-state index in [4.69, 9.17) is 0 Å². The Kier molecular flexibility index (Phi) is 3.69. The number of nitrogens with zero attached hydrogens (tertiary/aromatic N) is 2. The summed E-state index contributed by atoms with van der Waals surface area (Å²) < 4.78 is 2.84. The quantitative estimate of drug-likeness (QED) is 0.874. The smallest absolute Gasteiger partial charge is 0.0537 e. The highest BCUT2D eigenvalue weighted by Gasteiger charge is 2.01. The molecule has 1 rings (SSSR count). The second-order valence-electron chi connectivity index (χ2n) is 3.00. The molecular formula is C9H14BrN3. The van der Waals surface area contributed by atoms with Gasteiger partial charge in [-0.05, 0) is 6.92 Å². The van der Waals surface area contributed by atoms with Crippen molar-refractivity contribution in [3.63, 3.8) is 0 Å². The van der Waals surface area contributed by atoms with E-state index in [1.54, 1.807) is 0 Å². The molecule has 0 spiro atoms. The molecule has 0 aromatic carbocycles. The van der Waals surface area contributed by atoms with Gasteiger partial charge >= 0.3 is 0 Å². The molecule has 0 aliphatic rings. The van der Waals surface area contributed by atoms with Gasteiger partial charge in [-0.3, -0.25) is 4.68 Å². The highest BCUT2D eigenvalue weighted by atomic mass is 79.9. The van der Waals surface area contributed by atoms with Crippen molar-refractivity contribution in [1.29, 1.82) is 0 Å². The van der Waals surface area contributed by atoms with Crippen LogP contribution in [-0.2, 0) is 13.6 Å². The third-order valence-corrected chi connectivity index (χ3v) is 2.25. The lowest BCUT2D eigenvalue weighted by Gasteiger charge is -2.02. The molecule has 0 amide bonds. The maximum Gasteiger partial charge on any atom is 0.0537 e. The zero-order valence-corrected chi connectivity index (χ0v) is 9.56. The normalized spacial score (nSPS) is 10.4. The molecule has 0 aliphatic heterocycles. The lowest BCUT2D eigenvalue weighted by atomic mass is 10.2. The Morgan fingerprint density at radius 3 is 2.92 bits per heavy atom. The maximum atomic E-state index is 4.16. The Morgan fingerprint density at radius 2 is 2.46 bits per heavy atom. The summed E-state index contributed by atoms with van der Waals surface area (Å²) in [5.41, 5.74) is 2.43. The summed E-state index contributed by atoms with van der Waals surface area (Å²) >= 11 is 3.29. The van der Waals surface area contributed by atoms with E-state index >= 15 is 0 Å². The monoisotopic (exact) mass is 243 g/mol. The molecule has 0 unspecified atom stereocenters. The predicted octanol–water partition coefficient (Wildman–Crippen LogP) is 1.73. The molecule has 0 fully saturated rings. The third-order valence-electron chi connectivity index (χ3n) is 1.97. The van der Waals surface area contributed by atoms with E-state index in [0.29, 0.717) is 0 Å². The van der Waals surface area contributed by atoms with Gasteiger partial charge in [-0.25, -0.2) is 0 Å². The van der Waals surface area contributed by atoms with E-state index < -0.39 is 0 Å². The number of rotatable bonds is 4. The van der Waals surface area contributed by atoms with E-state index in [-0.39, 0.29) is 0 Å². The summed E-state index contributed by atoms with van der Waals surface area (Å²) in [7, 11) is 1.95. The maximum absolute atomic E-state index is 4.16. The van der Waals surface area contributed by atoms with Crippen LogP contribution in [0.3, 0.4) is 0 Å². The topological polar surface area (TPSA) is 29.9 Å². The Labute approximate surface area is 87.0 Å². The molecule has 1 aromatic heterocycles. The summed E-state index contributed by atoms with van der Waals surface area (Å²) in [4.78, 5) is 0. The van der Waals surface area contributed by atoms with E-state index in [9.17, 15) is 0 Å². The minimum Gasteiger partial charge on any atom is -0.308 e. The van der Waals surface area contributed by atoms with Crippen LogP contribution in [0.5, 0.6) is 0 Å². The lowest BCUT2D eigenvalue weighted by Crippen LogP contribution is -2.14. The molecule has 0 radical (unpaired) electrons. The SMILES string of the molecule is C=C(Br)CNCc1cnn(C)c1C. The van der Waals surface area contributed by atoms with Crippen molar-refractivity contribution in [1.82, 2.24) is 15.1 Å². The van der Waals surface area contributed by atoms with Crippen molar-refractivity contribution in [2.75, 3.05) is 6.54 Å². The van der Waals surface area contributed by atoms with Crippen LogP contribution in [0.25, 0.3) is 0 Å². The number of aryl methyl sites for hydroxylation is 1. The summed E-state index contributed by atoms with van der Waals surface area (Å²) in [6.07, 6.45) is 1.89. The average molecular weight is 244 g/mol. The van der Waals surface area contributed by atoms with E-state index in [2.05, 4.69) is 39.8 Å². The van der Waals surface area contributed by atoms with Crippen LogP contribution < -0.4 is 5.32 Å². The van der Waals surface area contributed by atoms with Gasteiger partial charge in [-0.1, -0.05) is 22.5 Å². The van der Waals surface area contributed by atoms with Crippen LogP contribution in [0.4, 0.5) is 0 Å².